The highest BCUT2D eigenvalue weighted by Gasteiger charge is 2.90. The molecule has 5 bridgehead atoms. The largest absolute Gasteiger partial charge is 0.454 e. The van der Waals surface area contributed by atoms with Gasteiger partial charge in [-0.3, -0.25) is 9.69 Å². The number of carbonyl (C=O) groups excluding carboxylic acids is 1. The molecule has 4 aliphatic heterocycles. The van der Waals surface area contributed by atoms with Crippen molar-refractivity contribution in [1.29, 1.82) is 0 Å². The molecule has 6 nitrogen and oxygen atoms in total. The fraction of sp³-hybridized carbons (Fsp3) is 0.667. The summed E-state index contributed by atoms with van der Waals surface area (Å²) in [6.07, 6.45) is 4.82. The van der Waals surface area contributed by atoms with Crippen LogP contribution in [-0.4, -0.2) is 52.9 Å². The lowest BCUT2D eigenvalue weighted by Gasteiger charge is -2.61. The topological polar surface area (TPSA) is 71.0 Å². The van der Waals surface area contributed by atoms with Gasteiger partial charge < -0.3 is 19.9 Å². The number of ether oxygens (including phenoxy) is 2. The Morgan fingerprint density at radius 3 is 3.07 bits per heavy atom. The molecule has 2 N–H and O–H groups in total. The molecule has 4 heterocycles. The van der Waals surface area contributed by atoms with E-state index in [9.17, 15) is 9.90 Å². The van der Waals surface area contributed by atoms with Crippen LogP contribution in [0.3, 0.4) is 0 Å². The number of rotatable bonds is 0. The second-order valence-corrected chi connectivity index (χ2v) is 9.97. The van der Waals surface area contributed by atoms with Crippen molar-refractivity contribution in [3.8, 4) is 11.5 Å². The van der Waals surface area contributed by atoms with E-state index in [1.54, 1.807) is 0 Å². The van der Waals surface area contributed by atoms with Crippen molar-refractivity contribution < 1.29 is 19.4 Å². The molecule has 8 rings (SSSR count). The summed E-state index contributed by atoms with van der Waals surface area (Å²) in [5, 5.41) is 15.5. The molecule has 6 unspecified atom stereocenters. The first-order chi connectivity index (χ1) is 13.1. The highest BCUT2D eigenvalue weighted by Crippen LogP contribution is 2.80. The summed E-state index contributed by atoms with van der Waals surface area (Å²) >= 11 is 0. The van der Waals surface area contributed by atoms with Gasteiger partial charge in [0.25, 0.3) is 0 Å². The molecular formula is C21H22N2O4. The maximum Gasteiger partial charge on any atom is 0.231 e. The molecule has 140 valence electrons. The van der Waals surface area contributed by atoms with Crippen molar-refractivity contribution >= 4 is 11.5 Å². The average Bonchev–Trinajstić information content (AvgIpc) is 3.34. The lowest BCUT2D eigenvalue weighted by Crippen LogP contribution is -2.70. The predicted molar refractivity (Wildman–Crippen MR) is 94.9 cm³/mol. The Bertz CT molecular complexity index is 979. The van der Waals surface area contributed by atoms with E-state index >= 15 is 0 Å². The molecule has 0 amide bonds. The molecule has 5 fully saturated rings. The van der Waals surface area contributed by atoms with Crippen LogP contribution < -0.4 is 14.8 Å². The Kier molecular flexibility index (Phi) is 1.96. The quantitative estimate of drug-likeness (QED) is 0.724. The van der Waals surface area contributed by atoms with Crippen LogP contribution in [0.4, 0.5) is 5.69 Å². The minimum atomic E-state index is -1.19. The zero-order valence-corrected chi connectivity index (χ0v) is 15.1. The molecule has 1 spiro atoms. The summed E-state index contributed by atoms with van der Waals surface area (Å²) in [6, 6.07) is 4.50. The number of ketones is 1. The SMILES string of the molecule is O=C1C2(O)CC34CCCN5CC2C2(c6ccc7c(c6NC12CC3)OCO7)C54. The van der Waals surface area contributed by atoms with Gasteiger partial charge in [0.1, 0.15) is 11.1 Å². The van der Waals surface area contributed by atoms with Gasteiger partial charge in [-0.05, 0) is 55.7 Å². The number of aliphatic hydroxyl groups is 1. The lowest BCUT2D eigenvalue weighted by molar-refractivity contribution is -0.144. The molecule has 1 aromatic carbocycles. The Morgan fingerprint density at radius 2 is 2.15 bits per heavy atom. The smallest absolute Gasteiger partial charge is 0.231 e. The maximum atomic E-state index is 13.9. The number of fused-ring (bicyclic) bond motifs is 3. The summed E-state index contributed by atoms with van der Waals surface area (Å²) < 4.78 is 11.4. The molecule has 2 saturated heterocycles. The van der Waals surface area contributed by atoms with Crippen LogP contribution in [0.25, 0.3) is 0 Å². The molecule has 6 atom stereocenters. The third-order valence-corrected chi connectivity index (χ3v) is 9.47. The second-order valence-electron chi connectivity index (χ2n) is 9.97. The number of anilines is 1. The van der Waals surface area contributed by atoms with Gasteiger partial charge in [0.2, 0.25) is 6.79 Å². The van der Waals surface area contributed by atoms with Crippen LogP contribution in [0.2, 0.25) is 0 Å². The Morgan fingerprint density at radius 1 is 1.22 bits per heavy atom. The monoisotopic (exact) mass is 366 g/mol. The number of hydrogen-bond acceptors (Lipinski definition) is 6. The Labute approximate surface area is 156 Å². The normalized spacial score (nSPS) is 52.1. The van der Waals surface area contributed by atoms with Crippen molar-refractivity contribution in [1.82, 2.24) is 4.90 Å². The minimum absolute atomic E-state index is 0.0249. The van der Waals surface area contributed by atoms with Gasteiger partial charge in [0, 0.05) is 18.5 Å². The summed E-state index contributed by atoms with van der Waals surface area (Å²) in [5.74, 6) is 1.54. The molecule has 0 aromatic heterocycles. The van der Waals surface area contributed by atoms with E-state index in [0.29, 0.717) is 12.5 Å². The van der Waals surface area contributed by atoms with Gasteiger partial charge >= 0.3 is 0 Å². The van der Waals surface area contributed by atoms with E-state index in [2.05, 4.69) is 16.3 Å². The number of Topliss-reactive ketones (excluding diaryl/α,β-unsaturated/α-hetero) is 1. The first-order valence-corrected chi connectivity index (χ1v) is 10.3. The molecular weight excluding hydrogens is 344 g/mol. The van der Waals surface area contributed by atoms with E-state index in [4.69, 9.17) is 9.47 Å². The highest BCUT2D eigenvalue weighted by atomic mass is 16.7. The summed E-state index contributed by atoms with van der Waals surface area (Å²) in [7, 11) is 0. The van der Waals surface area contributed by atoms with Crippen molar-refractivity contribution in [3.63, 3.8) is 0 Å². The van der Waals surface area contributed by atoms with E-state index in [0.717, 1.165) is 49.5 Å². The van der Waals surface area contributed by atoms with Crippen LogP contribution in [0.5, 0.6) is 11.5 Å². The minimum Gasteiger partial charge on any atom is -0.454 e. The number of nitrogens with one attached hydrogen (secondary N) is 1. The van der Waals surface area contributed by atoms with E-state index in [1.807, 2.05) is 6.07 Å². The fourth-order valence-electron chi connectivity index (χ4n) is 9.07. The van der Waals surface area contributed by atoms with Crippen LogP contribution in [0.1, 0.15) is 37.7 Å². The standard InChI is InChI=1S/C21H22N2O4/c24-17-19(25)9-18-4-1-7-23-8-13(19)21(16(18)23)11-2-3-12-15(27-10-26-12)14(11)22-20(17,21)6-5-18/h2-3,13,16,22,25H,1,4-10H2. The number of carbonyl (C=O) groups is 1. The average molecular weight is 366 g/mol. The van der Waals surface area contributed by atoms with Crippen LogP contribution >= 0.6 is 0 Å². The molecule has 0 radical (unpaired) electrons. The fourth-order valence-corrected chi connectivity index (χ4v) is 9.07. The zero-order valence-electron chi connectivity index (χ0n) is 15.1. The van der Waals surface area contributed by atoms with Gasteiger partial charge in [-0.1, -0.05) is 6.07 Å². The van der Waals surface area contributed by atoms with Gasteiger partial charge in [-0.25, -0.2) is 0 Å². The first-order valence-electron chi connectivity index (χ1n) is 10.3. The summed E-state index contributed by atoms with van der Waals surface area (Å²) in [5.41, 5.74) is 0.0101. The molecule has 7 aliphatic rings. The van der Waals surface area contributed by atoms with E-state index < -0.39 is 11.1 Å². The van der Waals surface area contributed by atoms with Crippen LogP contribution in [-0.2, 0) is 10.2 Å². The van der Waals surface area contributed by atoms with Gasteiger partial charge in [0.15, 0.2) is 17.3 Å². The molecule has 27 heavy (non-hydrogen) atoms. The van der Waals surface area contributed by atoms with Crippen molar-refractivity contribution in [2.45, 2.75) is 54.7 Å². The lowest BCUT2D eigenvalue weighted by atomic mass is 9.45. The van der Waals surface area contributed by atoms with Crippen molar-refractivity contribution in [3.05, 3.63) is 17.7 Å². The van der Waals surface area contributed by atoms with Gasteiger partial charge in [-0.2, -0.15) is 0 Å². The van der Waals surface area contributed by atoms with Crippen molar-refractivity contribution in [2.75, 3.05) is 25.2 Å². The number of benzene rings is 1. The predicted octanol–water partition coefficient (Wildman–Crippen LogP) is 1.41. The third kappa shape index (κ3) is 1.08. The zero-order chi connectivity index (χ0) is 17.8. The Hall–Kier alpha value is -1.79. The first kappa shape index (κ1) is 14.2. The van der Waals surface area contributed by atoms with Crippen LogP contribution in [0, 0.1) is 11.3 Å². The molecule has 3 aliphatic carbocycles. The van der Waals surface area contributed by atoms with E-state index in [-0.39, 0.29) is 29.3 Å². The highest BCUT2D eigenvalue weighted by molar-refractivity contribution is 6.08. The molecule has 1 aromatic rings. The maximum absolute atomic E-state index is 13.9. The number of piperidine rings is 1. The third-order valence-electron chi connectivity index (χ3n) is 9.47. The van der Waals surface area contributed by atoms with Crippen LogP contribution in [0.15, 0.2) is 12.1 Å². The second kappa shape index (κ2) is 3.72. The van der Waals surface area contributed by atoms with Gasteiger partial charge in [-0.15, -0.1) is 0 Å². The number of hydrogen-bond donors (Lipinski definition) is 2. The Balaban J connectivity index is 1.52. The van der Waals surface area contributed by atoms with E-state index in [1.165, 1.54) is 12.0 Å². The molecule has 3 saturated carbocycles. The van der Waals surface area contributed by atoms with Gasteiger partial charge in [0.05, 0.1) is 11.1 Å². The summed E-state index contributed by atoms with van der Waals surface area (Å²) in [6.45, 7) is 2.16. The summed E-state index contributed by atoms with van der Waals surface area (Å²) in [4.78, 5) is 16.5. The number of nitrogens with zero attached hydrogens (tertiary/aromatic N) is 1. The molecule has 6 heteroatoms. The van der Waals surface area contributed by atoms with Crippen molar-refractivity contribution in [2.24, 2.45) is 11.3 Å².